The van der Waals surface area contributed by atoms with Crippen molar-refractivity contribution in [1.82, 2.24) is 60.8 Å². The number of aliphatic hydroxyl groups excluding tert-OH is 4. The monoisotopic (exact) mass is 1780 g/mol. The molecule has 12 atom stereocenters. The Morgan fingerprint density at radius 3 is 1.26 bits per heavy atom. The summed E-state index contributed by atoms with van der Waals surface area (Å²) in [7, 11) is 2.60. The van der Waals surface area contributed by atoms with Crippen LogP contribution in [-0.2, 0) is 64.3 Å². The van der Waals surface area contributed by atoms with E-state index in [0.717, 1.165) is 149 Å². The van der Waals surface area contributed by atoms with Gasteiger partial charge in [0.05, 0.1) is 73.5 Å². The molecule has 0 saturated carbocycles. The van der Waals surface area contributed by atoms with Crippen molar-refractivity contribution in [3.05, 3.63) is 203 Å². The number of aliphatic imine (C=N–C) groups is 2. The van der Waals surface area contributed by atoms with Gasteiger partial charge in [0.2, 0.25) is 35.4 Å². The van der Waals surface area contributed by atoms with Crippen LogP contribution in [0.5, 0.6) is 11.5 Å². The molecule has 10 N–H and O–H groups in total. The Balaban J connectivity index is 0.000000190. The number of aliphatic hydroxyl groups is 4. The Morgan fingerprint density at radius 1 is 0.481 bits per heavy atom. The van der Waals surface area contributed by atoms with Gasteiger partial charge in [-0.15, -0.1) is 0 Å². The van der Waals surface area contributed by atoms with Gasteiger partial charge in [0.1, 0.15) is 73.7 Å². The van der Waals surface area contributed by atoms with Gasteiger partial charge in [-0.25, -0.2) is 19.6 Å². The van der Waals surface area contributed by atoms with Gasteiger partial charge >= 0.3 is 12.2 Å². The van der Waals surface area contributed by atoms with E-state index in [-0.39, 0.29) is 92.1 Å². The number of amides is 8. The minimum absolute atomic E-state index is 0. The first-order valence-corrected chi connectivity index (χ1v) is 44.9. The Hall–Kier alpha value is -13.2. The number of methoxy groups -OCH3 is 2. The second-order valence-electron chi connectivity index (χ2n) is 36.0. The smallest absolute Gasteiger partial charge is 0.407 e. The first kappa shape index (κ1) is 91.2. The molecule has 0 radical (unpaired) electrons. The number of alkyl carbamates (subject to hydrolysis) is 2. The van der Waals surface area contributed by atoms with Crippen LogP contribution in [0, 0.1) is 23.7 Å². The maximum atomic E-state index is 14.3. The van der Waals surface area contributed by atoms with Crippen molar-refractivity contribution in [2.24, 2.45) is 33.7 Å². The molecule has 4 saturated heterocycles. The number of fused-ring (bicyclic) bond motifs is 12. The molecule has 0 unspecified atom stereocenters. The maximum absolute atomic E-state index is 14.3. The highest BCUT2D eigenvalue weighted by Crippen LogP contribution is 2.50. The van der Waals surface area contributed by atoms with Crippen LogP contribution in [0.4, 0.5) is 21.0 Å². The normalized spacial score (nSPS) is 20.5. The number of imidazole rings is 2. The lowest BCUT2D eigenvalue weighted by Crippen LogP contribution is -2.55. The highest BCUT2D eigenvalue weighted by molar-refractivity contribution is 6.09. The Morgan fingerprint density at radius 2 is 0.885 bits per heavy atom. The van der Waals surface area contributed by atoms with E-state index < -0.39 is 73.5 Å². The second kappa shape index (κ2) is 38.9. The predicted octanol–water partition coefficient (Wildman–Crippen LogP) is 13.2. The molecule has 4 fully saturated rings. The quantitative estimate of drug-likeness (QED) is 0.0269. The maximum Gasteiger partial charge on any atom is 0.407 e. The van der Waals surface area contributed by atoms with Crippen LogP contribution >= 0.6 is 0 Å². The lowest BCUT2D eigenvalue weighted by Gasteiger charge is -2.33. The van der Waals surface area contributed by atoms with Crippen LogP contribution < -0.4 is 30.7 Å². The topological polar surface area (TPSA) is 398 Å². The highest BCUT2D eigenvalue weighted by Gasteiger charge is 2.47. The Bertz CT molecular complexity index is 5730. The molecule has 684 valence electrons. The zero-order chi connectivity index (χ0) is 91.0. The van der Waals surface area contributed by atoms with Gasteiger partial charge in [0, 0.05) is 73.8 Å². The summed E-state index contributed by atoms with van der Waals surface area (Å²) >= 11 is 0. The number of ether oxygens (including phenoxy) is 4. The molecule has 0 bridgehead atoms. The molecule has 10 aromatic rings. The van der Waals surface area contributed by atoms with Crippen molar-refractivity contribution in [3.63, 3.8) is 0 Å². The molecule has 0 aliphatic carbocycles. The number of hydrogen-bond acceptors (Lipinski definition) is 20. The van der Waals surface area contributed by atoms with Gasteiger partial charge in [0.25, 0.3) is 0 Å². The third kappa shape index (κ3) is 18.2. The summed E-state index contributed by atoms with van der Waals surface area (Å²) in [5.41, 5.74) is 16.6. The SMILES string of the molecule is C.COC(=O)N[C@H](C(=O)N1[C@@H](C)CC[C@H]1C1=Nc2ccc3cc4c(cc3c2C1)OCc1cc(-c2cnc([C@@H]3C[C@H](CCO)CN3C(=O)[C@H](NC(=O)CO)c3ccccc3)[nH]2)ccc1-4)C(C)C.COC(=O)N[C@H](C(=O)N1[C@@H](C)CC[C@H]1C1=Nc2ccc3cc4c(cc3c2C1)OCc1cc(-c2cnc([C@@H]3C[C@H](CCO)CN3C(=O)[C@H](NC(=O)CO)c3ccccc3)[nH]2)ccc1-4)C(C)C. The zero-order valence-corrected chi connectivity index (χ0v) is 74.1. The number of nitrogens with zero attached hydrogens (tertiary/aromatic N) is 8. The molecule has 30 heteroatoms. The number of hydrogen-bond donors (Lipinski definition) is 10. The van der Waals surface area contributed by atoms with E-state index >= 15 is 0 Å². The van der Waals surface area contributed by atoms with E-state index in [9.17, 15) is 58.8 Å². The van der Waals surface area contributed by atoms with E-state index in [4.69, 9.17) is 38.9 Å². The lowest BCUT2D eigenvalue weighted by atomic mass is 9.90. The van der Waals surface area contributed by atoms with Crippen molar-refractivity contribution in [2.45, 2.75) is 187 Å². The molecule has 2 aromatic heterocycles. The van der Waals surface area contributed by atoms with Gasteiger partial charge < -0.3 is 90.2 Å². The summed E-state index contributed by atoms with van der Waals surface area (Å²) < 4.78 is 22.6. The van der Waals surface area contributed by atoms with Crippen LogP contribution in [-0.4, -0.2) is 209 Å². The van der Waals surface area contributed by atoms with Gasteiger partial charge in [-0.3, -0.25) is 38.8 Å². The van der Waals surface area contributed by atoms with E-state index in [1.807, 2.05) is 49.6 Å². The second-order valence-corrected chi connectivity index (χ2v) is 36.0. The van der Waals surface area contributed by atoms with Crippen LogP contribution in [0.2, 0.25) is 0 Å². The molecule has 30 nitrogen and oxygen atoms in total. The molecule has 131 heavy (non-hydrogen) atoms. The molecule has 8 aliphatic rings. The molecule has 10 heterocycles. The van der Waals surface area contributed by atoms with Crippen LogP contribution in [0.15, 0.2) is 168 Å². The van der Waals surface area contributed by atoms with Crippen molar-refractivity contribution >= 4 is 92.0 Å². The molecule has 8 aliphatic heterocycles. The van der Waals surface area contributed by atoms with Gasteiger partial charge in [-0.05, 0) is 215 Å². The van der Waals surface area contributed by atoms with Gasteiger partial charge in [-0.1, -0.05) is 132 Å². The van der Waals surface area contributed by atoms with E-state index in [2.05, 4.69) is 130 Å². The summed E-state index contributed by atoms with van der Waals surface area (Å²) in [6, 6.07) is 42.7. The standard InChI is InChI=1S/2C50H55N7O8.CH4/c2*1-27(2)45(55-50(63)64-4)49(62)57-28(3)10-15-41(57)39-21-36-35-22-43-37(20-31(35)12-14-38(36)52-39)34-13-11-32(19-33(34)26-65-43)40-23-51-47(53-40)42-18-29(16-17-58)24-56(42)48(61)46(54-44(60)25-59)30-8-6-5-7-9-30;/h2*5-9,11-14,19-20,22-23,27-29,41-42,45-46,58-59H,10,15-18,21,24-26H2,1-4H3,(H,51,53)(H,54,60)(H,55,63);1H4/t2*28-,29-,41-,42-,45-,46+;/m00./s1. The molecule has 0 spiro atoms. The average Bonchev–Trinajstić information content (AvgIpc) is 1.49. The third-order valence-corrected chi connectivity index (χ3v) is 27.1. The van der Waals surface area contributed by atoms with Crippen LogP contribution in [0.3, 0.4) is 0 Å². The molecular formula is C101H114N14O16. The number of H-pyrrole nitrogens is 2. The minimum atomic E-state index is -1.00. The predicted molar refractivity (Wildman–Crippen MR) is 495 cm³/mol. The van der Waals surface area contributed by atoms with Gasteiger partial charge in [-0.2, -0.15) is 0 Å². The lowest BCUT2D eigenvalue weighted by molar-refractivity contribution is -0.138. The van der Waals surface area contributed by atoms with Crippen molar-refractivity contribution in [2.75, 3.05) is 53.7 Å². The number of likely N-dealkylation sites (tertiary alicyclic amines) is 4. The number of carbonyl (C=O) groups excluding carboxylic acids is 8. The molecular weight excluding hydrogens is 1670 g/mol. The van der Waals surface area contributed by atoms with Crippen molar-refractivity contribution < 1.29 is 77.7 Å². The number of rotatable bonds is 24. The summed E-state index contributed by atoms with van der Waals surface area (Å²) in [6.07, 6.45) is 8.99. The molecule has 8 amide bonds. The van der Waals surface area contributed by atoms with Crippen molar-refractivity contribution in [1.29, 1.82) is 0 Å². The number of carbonyl (C=O) groups is 8. The summed E-state index contributed by atoms with van der Waals surface area (Å²) in [4.78, 5) is 140. The zero-order valence-electron chi connectivity index (χ0n) is 74.1. The average molecular weight is 1780 g/mol. The fourth-order valence-corrected chi connectivity index (χ4v) is 20.4. The fourth-order valence-electron chi connectivity index (χ4n) is 20.4. The first-order valence-electron chi connectivity index (χ1n) is 44.9. The highest BCUT2D eigenvalue weighted by atomic mass is 16.5. The number of aromatic amines is 2. The van der Waals surface area contributed by atoms with Crippen molar-refractivity contribution in [3.8, 4) is 56.3 Å². The van der Waals surface area contributed by atoms with E-state index in [1.165, 1.54) is 14.2 Å². The van der Waals surface area contributed by atoms with E-state index in [1.54, 1.807) is 70.7 Å². The largest absolute Gasteiger partial charge is 0.488 e. The molecule has 18 rings (SSSR count). The summed E-state index contributed by atoms with van der Waals surface area (Å²) in [6.45, 7) is 11.8. The number of benzene rings is 8. The minimum Gasteiger partial charge on any atom is -0.488 e. The van der Waals surface area contributed by atoms with Gasteiger partial charge in [0.15, 0.2) is 0 Å². The Kier molecular flexibility index (Phi) is 27.0. The number of nitrogens with one attached hydrogen (secondary N) is 6. The fraction of sp³-hybridized carbons (Fsp3) is 0.406. The van der Waals surface area contributed by atoms with Crippen LogP contribution in [0.1, 0.15) is 170 Å². The van der Waals surface area contributed by atoms with Crippen LogP contribution in [0.25, 0.3) is 66.3 Å². The number of aromatic nitrogens is 4. The Labute approximate surface area is 760 Å². The summed E-state index contributed by atoms with van der Waals surface area (Å²) in [5, 5.41) is 53.8. The first-order chi connectivity index (χ1) is 62.9. The molecule has 8 aromatic carbocycles. The summed E-state index contributed by atoms with van der Waals surface area (Å²) in [5.74, 6) is 0.406. The van der Waals surface area contributed by atoms with E-state index in [0.29, 0.717) is 87.6 Å². The third-order valence-electron chi connectivity index (χ3n) is 27.1.